The number of imidazole rings is 1. The molecule has 1 amide bonds. The van der Waals surface area contributed by atoms with E-state index in [-0.39, 0.29) is 12.4 Å². The van der Waals surface area contributed by atoms with E-state index in [4.69, 9.17) is 9.90 Å². The first-order chi connectivity index (χ1) is 11.4. The van der Waals surface area contributed by atoms with E-state index in [1.165, 1.54) is 0 Å². The van der Waals surface area contributed by atoms with Gasteiger partial charge in [-0.2, -0.15) is 0 Å². The third-order valence-corrected chi connectivity index (χ3v) is 4.22. The number of nitrogens with one attached hydrogen (secondary N) is 1. The van der Waals surface area contributed by atoms with Crippen LogP contribution in [0.4, 0.5) is 0 Å². The van der Waals surface area contributed by atoms with E-state index < -0.39 is 0 Å². The van der Waals surface area contributed by atoms with E-state index in [0.29, 0.717) is 18.9 Å². The van der Waals surface area contributed by atoms with Gasteiger partial charge in [-0.25, -0.2) is 9.97 Å². The normalized spacial score (nSPS) is 10.2. The first kappa shape index (κ1) is 19.8. The van der Waals surface area contributed by atoms with Crippen molar-refractivity contribution in [2.45, 2.75) is 47.2 Å². The molecule has 0 bridgehead atoms. The van der Waals surface area contributed by atoms with E-state index in [0.717, 1.165) is 27.8 Å². The standard InChI is InChI=1S/C15H22N4OS.CH2O2/c1-10(2)8-19-9-16-6-13(19)7-17-15(20)5-14-11(3)18-12(4)21-14;2-1-3/h6,9-10H,5,7-8H2,1-4H3,(H,17,20);1H,(H,2,3). The molecule has 2 aromatic rings. The molecule has 7 nitrogen and oxygen atoms in total. The lowest BCUT2D eigenvalue weighted by atomic mass is 10.2. The number of carbonyl (C=O) groups excluding carboxylic acids is 1. The summed E-state index contributed by atoms with van der Waals surface area (Å²) in [6.45, 7) is 9.42. The molecule has 0 aliphatic rings. The van der Waals surface area contributed by atoms with E-state index >= 15 is 0 Å². The van der Waals surface area contributed by atoms with E-state index in [2.05, 4.69) is 33.7 Å². The number of thiazole rings is 1. The summed E-state index contributed by atoms with van der Waals surface area (Å²) in [4.78, 5) is 29.9. The zero-order valence-corrected chi connectivity index (χ0v) is 15.3. The lowest BCUT2D eigenvalue weighted by Crippen LogP contribution is -2.26. The second-order valence-corrected chi connectivity index (χ2v) is 7.02. The van der Waals surface area contributed by atoms with Gasteiger partial charge in [0.2, 0.25) is 5.91 Å². The lowest BCUT2D eigenvalue weighted by molar-refractivity contribution is -0.123. The van der Waals surface area contributed by atoms with Gasteiger partial charge >= 0.3 is 0 Å². The summed E-state index contributed by atoms with van der Waals surface area (Å²) in [6.07, 6.45) is 4.03. The molecular weight excluding hydrogens is 328 g/mol. The molecule has 0 aliphatic carbocycles. The minimum atomic E-state index is -0.250. The molecule has 132 valence electrons. The molecule has 2 rings (SSSR count). The molecule has 0 aromatic carbocycles. The van der Waals surface area contributed by atoms with Crippen LogP contribution < -0.4 is 5.32 Å². The Hall–Kier alpha value is -2.22. The monoisotopic (exact) mass is 352 g/mol. The molecule has 0 unspecified atom stereocenters. The highest BCUT2D eigenvalue weighted by molar-refractivity contribution is 7.11. The van der Waals surface area contributed by atoms with Crippen LogP contribution in [0.15, 0.2) is 12.5 Å². The van der Waals surface area contributed by atoms with Gasteiger partial charge in [-0.15, -0.1) is 11.3 Å². The first-order valence-electron chi connectivity index (χ1n) is 7.63. The van der Waals surface area contributed by atoms with Crippen LogP contribution in [0, 0.1) is 19.8 Å². The first-order valence-corrected chi connectivity index (χ1v) is 8.45. The summed E-state index contributed by atoms with van der Waals surface area (Å²) in [7, 11) is 0. The highest BCUT2D eigenvalue weighted by atomic mass is 32.1. The largest absolute Gasteiger partial charge is 0.483 e. The van der Waals surface area contributed by atoms with Crippen LogP contribution in [0.3, 0.4) is 0 Å². The molecule has 8 heteroatoms. The Bertz CT molecular complexity index is 664. The van der Waals surface area contributed by atoms with Crippen LogP contribution in [-0.2, 0) is 29.1 Å². The van der Waals surface area contributed by atoms with Crippen LogP contribution in [0.25, 0.3) is 0 Å². The molecule has 0 saturated carbocycles. The van der Waals surface area contributed by atoms with Crippen molar-refractivity contribution in [1.82, 2.24) is 19.9 Å². The summed E-state index contributed by atoms with van der Waals surface area (Å²) in [5.74, 6) is 0.579. The van der Waals surface area contributed by atoms with Gasteiger partial charge in [0.05, 0.1) is 35.7 Å². The van der Waals surface area contributed by atoms with Gasteiger partial charge in [-0.3, -0.25) is 9.59 Å². The number of aromatic nitrogens is 3. The summed E-state index contributed by atoms with van der Waals surface area (Å²) < 4.78 is 2.09. The number of nitrogens with zero attached hydrogens (tertiary/aromatic N) is 3. The molecular formula is C16H24N4O3S. The highest BCUT2D eigenvalue weighted by Crippen LogP contribution is 2.17. The predicted molar refractivity (Wildman–Crippen MR) is 92.9 cm³/mol. The number of hydrogen-bond donors (Lipinski definition) is 2. The Balaban J connectivity index is 0.000000891. The van der Waals surface area contributed by atoms with Gasteiger partial charge in [0.15, 0.2) is 0 Å². The summed E-state index contributed by atoms with van der Waals surface area (Å²) in [5.41, 5.74) is 1.99. The van der Waals surface area contributed by atoms with Gasteiger partial charge in [0.25, 0.3) is 6.47 Å². The van der Waals surface area contributed by atoms with Crippen molar-refractivity contribution in [2.75, 3.05) is 0 Å². The van der Waals surface area contributed by atoms with Crippen molar-refractivity contribution in [1.29, 1.82) is 0 Å². The average molecular weight is 352 g/mol. The number of aryl methyl sites for hydroxylation is 2. The third-order valence-electron chi connectivity index (χ3n) is 3.15. The molecule has 0 aliphatic heterocycles. The maximum Gasteiger partial charge on any atom is 0.290 e. The van der Waals surface area contributed by atoms with Gasteiger partial charge in [0, 0.05) is 17.6 Å². The molecule has 0 saturated heterocycles. The number of amides is 1. The van der Waals surface area contributed by atoms with Gasteiger partial charge in [-0.1, -0.05) is 13.8 Å². The van der Waals surface area contributed by atoms with E-state index in [1.54, 1.807) is 11.3 Å². The van der Waals surface area contributed by atoms with Crippen molar-refractivity contribution >= 4 is 23.7 Å². The fraction of sp³-hybridized carbons (Fsp3) is 0.500. The zero-order chi connectivity index (χ0) is 18.1. The summed E-state index contributed by atoms with van der Waals surface area (Å²) in [5, 5.41) is 10.9. The van der Waals surface area contributed by atoms with Crippen LogP contribution in [0.1, 0.15) is 35.1 Å². The summed E-state index contributed by atoms with van der Waals surface area (Å²) >= 11 is 1.59. The van der Waals surface area contributed by atoms with E-state index in [9.17, 15) is 4.79 Å². The third kappa shape index (κ3) is 6.49. The lowest BCUT2D eigenvalue weighted by Gasteiger charge is -2.11. The quantitative estimate of drug-likeness (QED) is 0.777. The van der Waals surface area contributed by atoms with Crippen LogP contribution >= 0.6 is 11.3 Å². The molecule has 2 aromatic heterocycles. The molecule has 2 N–H and O–H groups in total. The van der Waals surface area contributed by atoms with Gasteiger partial charge < -0.3 is 15.0 Å². The SMILES string of the molecule is Cc1nc(C)c(CC(=O)NCc2cncn2CC(C)C)s1.O=CO. The minimum Gasteiger partial charge on any atom is -0.483 e. The van der Waals surface area contributed by atoms with Crippen LogP contribution in [0.5, 0.6) is 0 Å². The van der Waals surface area contributed by atoms with Crippen molar-refractivity contribution in [3.8, 4) is 0 Å². The predicted octanol–water partition coefficient (Wildman–Crippen LogP) is 2.17. The number of carboxylic acid groups (broad SMARTS) is 1. The molecule has 0 radical (unpaired) electrons. The van der Waals surface area contributed by atoms with Crippen LogP contribution in [-0.4, -0.2) is 32.0 Å². The fourth-order valence-electron chi connectivity index (χ4n) is 2.19. The maximum absolute atomic E-state index is 12.0. The Morgan fingerprint density at radius 3 is 2.67 bits per heavy atom. The Morgan fingerprint density at radius 1 is 1.46 bits per heavy atom. The average Bonchev–Trinajstić information content (AvgIpc) is 3.03. The smallest absolute Gasteiger partial charge is 0.290 e. The topological polar surface area (TPSA) is 97.1 Å². The number of rotatable bonds is 6. The Morgan fingerprint density at radius 2 is 2.12 bits per heavy atom. The molecule has 0 spiro atoms. The Kier molecular flexibility index (Phi) is 8.11. The minimum absolute atomic E-state index is 0.0269. The zero-order valence-electron chi connectivity index (χ0n) is 14.4. The Labute approximate surface area is 145 Å². The number of carbonyl (C=O) groups is 2. The maximum atomic E-state index is 12.0. The molecule has 2 heterocycles. The number of hydrogen-bond acceptors (Lipinski definition) is 5. The van der Waals surface area contributed by atoms with Gasteiger partial charge in [-0.05, 0) is 19.8 Å². The summed E-state index contributed by atoms with van der Waals surface area (Å²) in [6, 6.07) is 0. The van der Waals surface area contributed by atoms with Crippen molar-refractivity contribution in [3.05, 3.63) is 33.8 Å². The van der Waals surface area contributed by atoms with E-state index in [1.807, 2.05) is 26.4 Å². The van der Waals surface area contributed by atoms with Crippen molar-refractivity contribution in [2.24, 2.45) is 5.92 Å². The molecule has 0 fully saturated rings. The van der Waals surface area contributed by atoms with Crippen molar-refractivity contribution < 1.29 is 14.7 Å². The second-order valence-electron chi connectivity index (χ2n) is 5.73. The highest BCUT2D eigenvalue weighted by Gasteiger charge is 2.11. The fourth-order valence-corrected chi connectivity index (χ4v) is 3.12. The molecule has 24 heavy (non-hydrogen) atoms. The second kappa shape index (κ2) is 9.82. The molecule has 0 atom stereocenters. The van der Waals surface area contributed by atoms with Gasteiger partial charge in [0.1, 0.15) is 0 Å². The van der Waals surface area contributed by atoms with Crippen molar-refractivity contribution in [3.63, 3.8) is 0 Å². The van der Waals surface area contributed by atoms with Crippen LogP contribution in [0.2, 0.25) is 0 Å².